The number of benzene rings is 1. The zero-order valence-electron chi connectivity index (χ0n) is 16.4. The highest BCUT2D eigenvalue weighted by Gasteiger charge is 2.44. The molecular formula is C18H23F3N6O2S. The summed E-state index contributed by atoms with van der Waals surface area (Å²) in [5.74, 6) is -0.186. The summed E-state index contributed by atoms with van der Waals surface area (Å²) in [6.45, 7) is 1.13. The van der Waals surface area contributed by atoms with Crippen LogP contribution in [0.25, 0.3) is 11.4 Å². The van der Waals surface area contributed by atoms with Gasteiger partial charge >= 0.3 is 6.18 Å². The van der Waals surface area contributed by atoms with Crippen molar-refractivity contribution in [1.29, 1.82) is 0 Å². The van der Waals surface area contributed by atoms with E-state index >= 15 is 0 Å². The Labute approximate surface area is 171 Å². The summed E-state index contributed by atoms with van der Waals surface area (Å²) in [5.41, 5.74) is 5.32. The molecule has 2 heterocycles. The number of hydrogen-bond acceptors (Lipinski definition) is 7. The Morgan fingerprint density at radius 1 is 1.23 bits per heavy atom. The number of H-pyrrole nitrogens is 1. The van der Waals surface area contributed by atoms with E-state index in [-0.39, 0.29) is 22.8 Å². The molecule has 4 rings (SSSR count). The molecule has 0 bridgehead atoms. The molecule has 2 fully saturated rings. The third-order valence-electron chi connectivity index (χ3n) is 6.46. The van der Waals surface area contributed by atoms with E-state index in [9.17, 15) is 21.6 Å². The summed E-state index contributed by atoms with van der Waals surface area (Å²) in [6, 6.07) is 2.24. The van der Waals surface area contributed by atoms with E-state index in [1.807, 2.05) is 4.90 Å². The fourth-order valence-corrected chi connectivity index (χ4v) is 6.06. The number of nitrogens with one attached hydrogen (secondary N) is 1. The van der Waals surface area contributed by atoms with Gasteiger partial charge in [0, 0.05) is 31.1 Å². The molecule has 1 aliphatic carbocycles. The topological polar surface area (TPSA) is 118 Å². The van der Waals surface area contributed by atoms with Crippen molar-refractivity contribution in [3.63, 3.8) is 0 Å². The second-order valence-electron chi connectivity index (χ2n) is 8.19. The normalized spacial score (nSPS) is 22.0. The Bertz CT molecular complexity index is 1030. The zero-order chi connectivity index (χ0) is 21.7. The standard InChI is InChI=1S/C18H23F3N6O2S/c1-30(28,29)15-11(18(19,20)21)4-5-12(14(15)16-23-25-26-24-16)27-9-7-17(8-10-27)6-2-3-13(17)22/h4-5,13H,2-3,6-10,22H2,1H3,(H,23,24,25,26). The highest BCUT2D eigenvalue weighted by molar-refractivity contribution is 7.91. The molecule has 1 aromatic carbocycles. The smallest absolute Gasteiger partial charge is 0.371 e. The van der Waals surface area contributed by atoms with Crippen molar-refractivity contribution in [2.75, 3.05) is 24.2 Å². The Balaban J connectivity index is 1.83. The number of alkyl halides is 3. The predicted octanol–water partition coefficient (Wildman–Crippen LogP) is 2.39. The van der Waals surface area contributed by atoms with Crippen LogP contribution in [0.4, 0.5) is 18.9 Å². The van der Waals surface area contributed by atoms with Gasteiger partial charge in [-0.3, -0.25) is 0 Å². The van der Waals surface area contributed by atoms with Crippen molar-refractivity contribution in [2.45, 2.75) is 49.2 Å². The lowest BCUT2D eigenvalue weighted by molar-refractivity contribution is -0.139. The molecular weight excluding hydrogens is 421 g/mol. The summed E-state index contributed by atoms with van der Waals surface area (Å²) in [6.07, 6.45) is 0.609. The average molecular weight is 444 g/mol. The van der Waals surface area contributed by atoms with E-state index in [2.05, 4.69) is 20.6 Å². The van der Waals surface area contributed by atoms with Gasteiger partial charge in [0.2, 0.25) is 5.82 Å². The van der Waals surface area contributed by atoms with Gasteiger partial charge in [0.1, 0.15) is 0 Å². The molecule has 164 valence electrons. The maximum absolute atomic E-state index is 13.7. The van der Waals surface area contributed by atoms with E-state index < -0.39 is 26.5 Å². The van der Waals surface area contributed by atoms with Gasteiger partial charge in [-0.15, -0.1) is 10.2 Å². The quantitative estimate of drug-likeness (QED) is 0.746. The van der Waals surface area contributed by atoms with Gasteiger partial charge in [0.15, 0.2) is 9.84 Å². The lowest BCUT2D eigenvalue weighted by Crippen LogP contribution is -2.47. The van der Waals surface area contributed by atoms with Gasteiger partial charge in [0.25, 0.3) is 0 Å². The number of hydrogen-bond donors (Lipinski definition) is 2. The Kier molecular flexibility index (Phi) is 5.04. The van der Waals surface area contributed by atoms with Crippen molar-refractivity contribution in [2.24, 2.45) is 11.1 Å². The Hall–Kier alpha value is -2.21. The molecule has 2 aromatic rings. The number of rotatable bonds is 3. The first-order chi connectivity index (χ1) is 14.0. The van der Waals surface area contributed by atoms with Crippen LogP contribution >= 0.6 is 0 Å². The Morgan fingerprint density at radius 2 is 1.93 bits per heavy atom. The number of nitrogens with zero attached hydrogens (tertiary/aromatic N) is 4. The molecule has 1 atom stereocenters. The summed E-state index contributed by atoms with van der Waals surface area (Å²) in [5, 5.41) is 13.2. The van der Waals surface area contributed by atoms with E-state index in [1.165, 1.54) is 6.07 Å². The molecule has 2 aliphatic rings. The van der Waals surface area contributed by atoms with Crippen LogP contribution in [0.3, 0.4) is 0 Å². The third-order valence-corrected chi connectivity index (χ3v) is 7.62. The van der Waals surface area contributed by atoms with Gasteiger partial charge in [-0.2, -0.15) is 18.4 Å². The summed E-state index contributed by atoms with van der Waals surface area (Å²) >= 11 is 0. The van der Waals surface area contributed by atoms with Crippen LogP contribution in [0, 0.1) is 5.41 Å². The molecule has 0 radical (unpaired) electrons. The van der Waals surface area contributed by atoms with Gasteiger partial charge in [-0.05, 0) is 48.4 Å². The second kappa shape index (κ2) is 7.19. The van der Waals surface area contributed by atoms with Crippen LogP contribution in [0.1, 0.15) is 37.7 Å². The largest absolute Gasteiger partial charge is 0.417 e. The van der Waals surface area contributed by atoms with Crippen LogP contribution in [0.2, 0.25) is 0 Å². The van der Waals surface area contributed by atoms with E-state index in [0.29, 0.717) is 18.8 Å². The molecule has 1 saturated carbocycles. The number of aromatic amines is 1. The van der Waals surface area contributed by atoms with Gasteiger partial charge in [-0.1, -0.05) is 6.42 Å². The number of halogens is 3. The molecule has 1 unspecified atom stereocenters. The van der Waals surface area contributed by atoms with Crippen molar-refractivity contribution in [3.8, 4) is 11.4 Å². The highest BCUT2D eigenvalue weighted by atomic mass is 32.2. The number of aromatic nitrogens is 4. The number of piperidine rings is 1. The van der Waals surface area contributed by atoms with Crippen LogP contribution in [0.15, 0.2) is 17.0 Å². The van der Waals surface area contributed by atoms with Crippen LogP contribution in [-0.4, -0.2) is 54.4 Å². The maximum Gasteiger partial charge on any atom is 0.417 e. The molecule has 1 spiro atoms. The first-order valence-corrected chi connectivity index (χ1v) is 11.6. The lowest BCUT2D eigenvalue weighted by atomic mass is 9.74. The highest BCUT2D eigenvalue weighted by Crippen LogP contribution is 2.48. The van der Waals surface area contributed by atoms with Crippen molar-refractivity contribution in [1.82, 2.24) is 20.6 Å². The monoisotopic (exact) mass is 444 g/mol. The molecule has 8 nitrogen and oxygen atoms in total. The number of anilines is 1. The molecule has 30 heavy (non-hydrogen) atoms. The van der Waals surface area contributed by atoms with Crippen LogP contribution < -0.4 is 10.6 Å². The average Bonchev–Trinajstić information content (AvgIpc) is 3.31. The third kappa shape index (κ3) is 3.55. The zero-order valence-corrected chi connectivity index (χ0v) is 17.2. The van der Waals surface area contributed by atoms with Gasteiger partial charge in [-0.25, -0.2) is 8.42 Å². The molecule has 1 aromatic heterocycles. The molecule has 1 saturated heterocycles. The molecule has 0 amide bonds. The Morgan fingerprint density at radius 3 is 2.43 bits per heavy atom. The van der Waals surface area contributed by atoms with Gasteiger partial charge in [0.05, 0.1) is 16.0 Å². The summed E-state index contributed by atoms with van der Waals surface area (Å²) < 4.78 is 65.9. The fraction of sp³-hybridized carbons (Fsp3) is 0.611. The molecule has 3 N–H and O–H groups in total. The second-order valence-corrected chi connectivity index (χ2v) is 10.1. The number of sulfone groups is 1. The summed E-state index contributed by atoms with van der Waals surface area (Å²) in [7, 11) is -4.25. The first-order valence-electron chi connectivity index (χ1n) is 9.71. The SMILES string of the molecule is CS(=O)(=O)c1c(C(F)(F)F)ccc(N2CCC3(CCCC3N)CC2)c1-c1nn[nH]n1. The van der Waals surface area contributed by atoms with Crippen molar-refractivity contribution in [3.05, 3.63) is 17.7 Å². The first kappa shape index (κ1) is 21.0. The number of tetrazole rings is 1. The fourth-order valence-electron chi connectivity index (χ4n) is 4.91. The minimum Gasteiger partial charge on any atom is -0.371 e. The van der Waals surface area contributed by atoms with Gasteiger partial charge < -0.3 is 10.6 Å². The lowest BCUT2D eigenvalue weighted by Gasteiger charge is -2.43. The van der Waals surface area contributed by atoms with E-state index in [1.54, 1.807) is 0 Å². The number of nitrogens with two attached hydrogens (primary N) is 1. The molecule has 12 heteroatoms. The van der Waals surface area contributed by atoms with Crippen LogP contribution in [0.5, 0.6) is 0 Å². The maximum atomic E-state index is 13.7. The predicted molar refractivity (Wildman–Crippen MR) is 103 cm³/mol. The summed E-state index contributed by atoms with van der Waals surface area (Å²) in [4.78, 5) is 1.07. The van der Waals surface area contributed by atoms with E-state index in [0.717, 1.165) is 44.4 Å². The minimum absolute atomic E-state index is 0.0500. The minimum atomic E-state index is -4.85. The van der Waals surface area contributed by atoms with Crippen molar-refractivity contribution < 1.29 is 21.6 Å². The van der Waals surface area contributed by atoms with Crippen LogP contribution in [-0.2, 0) is 16.0 Å². The molecule has 1 aliphatic heterocycles. The van der Waals surface area contributed by atoms with E-state index in [4.69, 9.17) is 5.73 Å². The van der Waals surface area contributed by atoms with Crippen molar-refractivity contribution >= 4 is 15.5 Å².